The predicted molar refractivity (Wildman–Crippen MR) is 70.3 cm³/mol. The van der Waals surface area contributed by atoms with Gasteiger partial charge in [0.1, 0.15) is 0 Å². The van der Waals surface area contributed by atoms with Crippen molar-refractivity contribution in [3.63, 3.8) is 0 Å². The van der Waals surface area contributed by atoms with Crippen LogP contribution in [0.25, 0.3) is 0 Å². The molecule has 4 atom stereocenters. The summed E-state index contributed by atoms with van der Waals surface area (Å²) in [5.41, 5.74) is -0.722. The molecule has 0 radical (unpaired) electrons. The highest BCUT2D eigenvalue weighted by Gasteiger charge is 2.39. The second-order valence-corrected chi connectivity index (χ2v) is 5.64. The maximum atomic E-state index is 10.3. The first-order valence-corrected chi connectivity index (χ1v) is 6.62. The van der Waals surface area contributed by atoms with E-state index in [2.05, 4.69) is 0 Å². The lowest BCUT2D eigenvalue weighted by molar-refractivity contribution is -0.153. The largest absolute Gasteiger partial charge is 0.396 e. The number of ether oxygens (including phenoxy) is 1. The van der Waals surface area contributed by atoms with Crippen molar-refractivity contribution < 1.29 is 30.3 Å². The van der Waals surface area contributed by atoms with Gasteiger partial charge in [-0.15, -0.1) is 0 Å². The molecule has 0 rings (SSSR count). The summed E-state index contributed by atoms with van der Waals surface area (Å²) in [4.78, 5) is 0. The van der Waals surface area contributed by atoms with Gasteiger partial charge in [-0.2, -0.15) is 0 Å². The number of hydrogen-bond donors (Lipinski definition) is 5. The minimum absolute atomic E-state index is 0.0155. The van der Waals surface area contributed by atoms with Crippen LogP contribution in [-0.2, 0) is 4.74 Å². The highest BCUT2D eigenvalue weighted by molar-refractivity contribution is 4.87. The van der Waals surface area contributed by atoms with E-state index in [-0.39, 0.29) is 32.3 Å². The third kappa shape index (κ3) is 6.16. The van der Waals surface area contributed by atoms with Gasteiger partial charge < -0.3 is 30.3 Å². The van der Waals surface area contributed by atoms with E-state index in [1.54, 1.807) is 13.8 Å². The molecule has 4 unspecified atom stereocenters. The second kappa shape index (κ2) is 8.84. The van der Waals surface area contributed by atoms with E-state index >= 15 is 0 Å². The summed E-state index contributed by atoms with van der Waals surface area (Å²) >= 11 is 0. The molecule has 0 aliphatic rings. The van der Waals surface area contributed by atoms with Crippen LogP contribution in [0.5, 0.6) is 0 Å². The van der Waals surface area contributed by atoms with E-state index in [1.165, 1.54) is 0 Å². The van der Waals surface area contributed by atoms with Crippen LogP contribution in [-0.4, -0.2) is 64.4 Å². The lowest BCUT2D eigenvalue weighted by Gasteiger charge is -2.39. The van der Waals surface area contributed by atoms with Gasteiger partial charge in [-0.05, 0) is 12.3 Å². The Morgan fingerprint density at radius 1 is 1.11 bits per heavy atom. The minimum Gasteiger partial charge on any atom is -0.396 e. The van der Waals surface area contributed by atoms with E-state index in [4.69, 9.17) is 14.9 Å². The monoisotopic (exact) mass is 280 g/mol. The molecule has 0 aliphatic carbocycles. The zero-order valence-electron chi connectivity index (χ0n) is 12.0. The molecule has 0 heterocycles. The SMILES string of the molecule is CC(CO)CC(C)(COCCO)C(O)C(C)C(O)O. The van der Waals surface area contributed by atoms with Crippen LogP contribution in [0.15, 0.2) is 0 Å². The van der Waals surface area contributed by atoms with Gasteiger partial charge in [-0.3, -0.25) is 0 Å². The van der Waals surface area contributed by atoms with Crippen LogP contribution in [0.1, 0.15) is 27.2 Å². The zero-order valence-corrected chi connectivity index (χ0v) is 12.0. The zero-order chi connectivity index (χ0) is 15.1. The predicted octanol–water partition coefficient (Wildman–Crippen LogP) is -0.672. The highest BCUT2D eigenvalue weighted by atomic mass is 16.5. The highest BCUT2D eigenvalue weighted by Crippen LogP contribution is 2.35. The Kier molecular flexibility index (Phi) is 8.73. The number of aliphatic hydroxyl groups is 5. The molecular weight excluding hydrogens is 252 g/mol. The average Bonchev–Trinajstić information content (AvgIpc) is 2.36. The quantitative estimate of drug-likeness (QED) is 0.268. The second-order valence-electron chi connectivity index (χ2n) is 5.64. The Morgan fingerprint density at radius 2 is 1.68 bits per heavy atom. The molecule has 0 spiro atoms. The first kappa shape index (κ1) is 18.8. The molecule has 0 bridgehead atoms. The number of aliphatic hydroxyl groups excluding tert-OH is 4. The Labute approximate surface area is 114 Å². The molecule has 0 aromatic heterocycles. The normalized spacial score (nSPS) is 20.1. The topological polar surface area (TPSA) is 110 Å². The Hall–Kier alpha value is -0.240. The van der Waals surface area contributed by atoms with Crippen molar-refractivity contribution >= 4 is 0 Å². The third-order valence-electron chi connectivity index (χ3n) is 3.48. The van der Waals surface area contributed by atoms with Crippen LogP contribution in [0.3, 0.4) is 0 Å². The number of hydrogen-bond acceptors (Lipinski definition) is 6. The molecule has 116 valence electrons. The van der Waals surface area contributed by atoms with E-state index in [1.807, 2.05) is 6.92 Å². The third-order valence-corrected chi connectivity index (χ3v) is 3.48. The van der Waals surface area contributed by atoms with Crippen molar-refractivity contribution in [2.75, 3.05) is 26.4 Å². The summed E-state index contributed by atoms with van der Waals surface area (Å²) in [7, 11) is 0. The molecule has 0 aromatic rings. The van der Waals surface area contributed by atoms with E-state index < -0.39 is 23.7 Å². The van der Waals surface area contributed by atoms with Crippen LogP contribution in [0.4, 0.5) is 0 Å². The summed E-state index contributed by atoms with van der Waals surface area (Å²) in [6.45, 7) is 5.38. The smallest absolute Gasteiger partial charge is 0.156 e. The Morgan fingerprint density at radius 3 is 2.11 bits per heavy atom. The van der Waals surface area contributed by atoms with Gasteiger partial charge in [0.15, 0.2) is 6.29 Å². The molecule has 0 aliphatic heterocycles. The minimum atomic E-state index is -1.61. The summed E-state index contributed by atoms with van der Waals surface area (Å²) in [5, 5.41) is 46.5. The van der Waals surface area contributed by atoms with Crippen molar-refractivity contribution in [2.24, 2.45) is 17.3 Å². The first-order chi connectivity index (χ1) is 8.78. The van der Waals surface area contributed by atoms with Crippen molar-refractivity contribution in [1.82, 2.24) is 0 Å². The van der Waals surface area contributed by atoms with E-state index in [9.17, 15) is 15.3 Å². The maximum Gasteiger partial charge on any atom is 0.156 e. The summed E-state index contributed by atoms with van der Waals surface area (Å²) in [5.74, 6) is -0.769. The fraction of sp³-hybridized carbons (Fsp3) is 1.00. The average molecular weight is 280 g/mol. The van der Waals surface area contributed by atoms with Crippen molar-refractivity contribution in [3.8, 4) is 0 Å². The molecule has 6 heteroatoms. The van der Waals surface area contributed by atoms with Crippen molar-refractivity contribution in [3.05, 3.63) is 0 Å². The molecule has 6 nitrogen and oxygen atoms in total. The molecule has 0 fully saturated rings. The van der Waals surface area contributed by atoms with Crippen molar-refractivity contribution in [1.29, 1.82) is 0 Å². The Bertz CT molecular complexity index is 235. The molecule has 0 saturated heterocycles. The van der Waals surface area contributed by atoms with Gasteiger partial charge in [-0.25, -0.2) is 0 Å². The lowest BCUT2D eigenvalue weighted by Crippen LogP contribution is -2.46. The van der Waals surface area contributed by atoms with Crippen LogP contribution >= 0.6 is 0 Å². The summed E-state index contributed by atoms with van der Waals surface area (Å²) < 4.78 is 5.29. The Balaban J connectivity index is 4.80. The maximum absolute atomic E-state index is 10.3. The molecule has 5 N–H and O–H groups in total. The number of rotatable bonds is 10. The van der Waals surface area contributed by atoms with Crippen LogP contribution in [0, 0.1) is 17.3 Å². The first-order valence-electron chi connectivity index (χ1n) is 6.62. The molecule has 0 amide bonds. The van der Waals surface area contributed by atoms with Gasteiger partial charge in [0.25, 0.3) is 0 Å². The van der Waals surface area contributed by atoms with Gasteiger partial charge in [0.05, 0.1) is 25.9 Å². The summed E-state index contributed by atoms with van der Waals surface area (Å²) in [6.07, 6.45) is -2.12. The van der Waals surface area contributed by atoms with Crippen LogP contribution < -0.4 is 0 Å². The molecular formula is C13H28O6. The van der Waals surface area contributed by atoms with Gasteiger partial charge >= 0.3 is 0 Å². The van der Waals surface area contributed by atoms with E-state index in [0.29, 0.717) is 6.42 Å². The molecule has 19 heavy (non-hydrogen) atoms. The van der Waals surface area contributed by atoms with Gasteiger partial charge in [-0.1, -0.05) is 20.8 Å². The summed E-state index contributed by atoms with van der Waals surface area (Å²) in [6, 6.07) is 0. The van der Waals surface area contributed by atoms with Crippen molar-refractivity contribution in [2.45, 2.75) is 39.6 Å². The standard InChI is InChI=1S/C13H28O6/c1-9(7-15)6-13(3,8-19-5-4-14)11(16)10(2)12(17)18/h9-12,14-18H,4-8H2,1-3H3. The molecule has 0 aromatic carbocycles. The van der Waals surface area contributed by atoms with Crippen LogP contribution in [0.2, 0.25) is 0 Å². The lowest BCUT2D eigenvalue weighted by atomic mass is 9.73. The van der Waals surface area contributed by atoms with E-state index in [0.717, 1.165) is 0 Å². The van der Waals surface area contributed by atoms with Gasteiger partial charge in [0.2, 0.25) is 0 Å². The fourth-order valence-corrected chi connectivity index (χ4v) is 2.29. The van der Waals surface area contributed by atoms with Gasteiger partial charge in [0, 0.05) is 17.9 Å². The fourth-order valence-electron chi connectivity index (χ4n) is 2.29. The molecule has 0 saturated carbocycles.